The second kappa shape index (κ2) is 10.1. The summed E-state index contributed by atoms with van der Waals surface area (Å²) < 4.78 is 6.78. The zero-order valence-electron chi connectivity index (χ0n) is 18.1. The molecule has 0 aliphatic rings. The topological polar surface area (TPSA) is 94.2 Å². The Kier molecular flexibility index (Phi) is 6.80. The Morgan fingerprint density at radius 2 is 1.73 bits per heavy atom. The first-order chi connectivity index (χ1) is 16.1. The predicted molar refractivity (Wildman–Crippen MR) is 132 cm³/mol. The SMILES string of the molecule is COc1ccc(-c2nn(-c3ccccc3Cl)c(N)c2NC(=O)NCCc2ccccc2)cc1. The minimum absolute atomic E-state index is 0.270. The van der Waals surface area contributed by atoms with Crippen LogP contribution < -0.4 is 21.1 Å². The van der Waals surface area contributed by atoms with Gasteiger partial charge in [0.15, 0.2) is 5.82 Å². The maximum atomic E-state index is 12.7. The Balaban J connectivity index is 1.61. The molecule has 0 radical (unpaired) electrons. The highest BCUT2D eigenvalue weighted by Crippen LogP contribution is 2.36. The van der Waals surface area contributed by atoms with Crippen LogP contribution in [0.1, 0.15) is 5.56 Å². The quantitative estimate of drug-likeness (QED) is 0.355. The first-order valence-electron chi connectivity index (χ1n) is 10.4. The average Bonchev–Trinajstić information content (AvgIpc) is 3.16. The van der Waals surface area contributed by atoms with E-state index in [0.717, 1.165) is 11.1 Å². The van der Waals surface area contributed by atoms with Crippen LogP contribution in [0.15, 0.2) is 78.9 Å². The third-order valence-electron chi connectivity index (χ3n) is 5.15. The van der Waals surface area contributed by atoms with E-state index in [0.29, 0.717) is 40.8 Å². The molecule has 0 saturated heterocycles. The number of nitrogens with one attached hydrogen (secondary N) is 2. The van der Waals surface area contributed by atoms with Gasteiger partial charge in [-0.3, -0.25) is 0 Å². The Morgan fingerprint density at radius 3 is 2.42 bits per heavy atom. The highest BCUT2D eigenvalue weighted by Gasteiger charge is 2.21. The van der Waals surface area contributed by atoms with Crippen LogP contribution in [0.3, 0.4) is 0 Å². The maximum Gasteiger partial charge on any atom is 0.319 e. The molecular formula is C25H24ClN5O2. The highest BCUT2D eigenvalue weighted by molar-refractivity contribution is 6.32. The number of para-hydroxylation sites is 1. The van der Waals surface area contributed by atoms with Gasteiger partial charge < -0.3 is 21.1 Å². The summed E-state index contributed by atoms with van der Waals surface area (Å²) in [6.45, 7) is 0.478. The summed E-state index contributed by atoms with van der Waals surface area (Å²) in [5.41, 5.74) is 9.89. The van der Waals surface area contributed by atoms with E-state index in [1.165, 1.54) is 4.68 Å². The van der Waals surface area contributed by atoms with Gasteiger partial charge in [-0.2, -0.15) is 5.10 Å². The number of nitrogens with zero attached hydrogens (tertiary/aromatic N) is 2. The standard InChI is InChI=1S/C25H24ClN5O2/c1-33-19-13-11-18(12-14-19)22-23(24(27)31(30-22)21-10-6-5-9-20(21)26)29-25(32)28-16-15-17-7-3-2-4-8-17/h2-14H,15-16,27H2,1H3,(H2,28,29,32). The minimum atomic E-state index is -0.369. The van der Waals surface area contributed by atoms with Gasteiger partial charge in [-0.25, -0.2) is 9.48 Å². The van der Waals surface area contributed by atoms with Crippen molar-refractivity contribution in [2.24, 2.45) is 0 Å². The van der Waals surface area contributed by atoms with Gasteiger partial charge in [0.25, 0.3) is 0 Å². The van der Waals surface area contributed by atoms with Crippen LogP contribution in [0, 0.1) is 0 Å². The summed E-state index contributed by atoms with van der Waals surface area (Å²) in [7, 11) is 1.60. The Labute approximate surface area is 197 Å². The van der Waals surface area contributed by atoms with Crippen molar-refractivity contribution in [2.45, 2.75) is 6.42 Å². The number of nitrogen functional groups attached to an aromatic ring is 1. The molecule has 1 aromatic heterocycles. The van der Waals surface area contributed by atoms with Crippen LogP contribution in [-0.4, -0.2) is 29.5 Å². The van der Waals surface area contributed by atoms with E-state index in [9.17, 15) is 4.79 Å². The fourth-order valence-corrected chi connectivity index (χ4v) is 3.65. The van der Waals surface area contributed by atoms with Gasteiger partial charge in [0, 0.05) is 12.1 Å². The molecule has 168 valence electrons. The van der Waals surface area contributed by atoms with Gasteiger partial charge in [0.2, 0.25) is 0 Å². The Hall–Kier alpha value is -3.97. The van der Waals surface area contributed by atoms with Crippen LogP contribution in [0.5, 0.6) is 5.75 Å². The number of nitrogens with two attached hydrogens (primary N) is 1. The number of hydrogen-bond acceptors (Lipinski definition) is 4. The van der Waals surface area contributed by atoms with Crippen molar-refractivity contribution in [3.63, 3.8) is 0 Å². The first-order valence-corrected chi connectivity index (χ1v) is 10.8. The van der Waals surface area contributed by atoms with Crippen molar-refractivity contribution in [1.82, 2.24) is 15.1 Å². The zero-order chi connectivity index (χ0) is 23.2. The molecule has 0 fully saturated rings. The number of amides is 2. The van der Waals surface area contributed by atoms with Crippen molar-refractivity contribution in [1.29, 1.82) is 0 Å². The Bertz CT molecular complexity index is 1240. The zero-order valence-corrected chi connectivity index (χ0v) is 18.8. The average molecular weight is 462 g/mol. The van der Waals surface area contributed by atoms with Crippen LogP contribution in [0.2, 0.25) is 5.02 Å². The number of carbonyl (C=O) groups excluding carboxylic acids is 1. The molecule has 0 saturated carbocycles. The lowest BCUT2D eigenvalue weighted by molar-refractivity contribution is 0.252. The van der Waals surface area contributed by atoms with E-state index in [1.54, 1.807) is 13.2 Å². The van der Waals surface area contributed by atoms with Crippen LogP contribution in [0.4, 0.5) is 16.3 Å². The van der Waals surface area contributed by atoms with E-state index in [1.807, 2.05) is 72.8 Å². The van der Waals surface area contributed by atoms with E-state index in [-0.39, 0.29) is 11.8 Å². The third kappa shape index (κ3) is 5.10. The molecule has 0 aliphatic carbocycles. The second-order valence-electron chi connectivity index (χ2n) is 7.32. The fourth-order valence-electron chi connectivity index (χ4n) is 3.44. The third-order valence-corrected chi connectivity index (χ3v) is 5.47. The second-order valence-corrected chi connectivity index (χ2v) is 7.72. The van der Waals surface area contributed by atoms with Gasteiger partial charge in [0.05, 0.1) is 17.8 Å². The number of ether oxygens (including phenoxy) is 1. The lowest BCUT2D eigenvalue weighted by Gasteiger charge is -2.10. The summed E-state index contributed by atoms with van der Waals surface area (Å²) >= 11 is 6.38. The molecule has 4 aromatic rings. The molecule has 1 heterocycles. The Morgan fingerprint density at radius 1 is 1.03 bits per heavy atom. The molecule has 7 nitrogen and oxygen atoms in total. The fraction of sp³-hybridized carbons (Fsp3) is 0.120. The number of carbonyl (C=O) groups is 1. The number of aromatic nitrogens is 2. The normalized spacial score (nSPS) is 10.6. The molecule has 0 atom stereocenters. The molecule has 2 amide bonds. The van der Waals surface area contributed by atoms with Crippen LogP contribution >= 0.6 is 11.6 Å². The van der Waals surface area contributed by atoms with Gasteiger partial charge in [-0.05, 0) is 48.4 Å². The molecule has 8 heteroatoms. The van der Waals surface area contributed by atoms with E-state index >= 15 is 0 Å². The van der Waals surface area contributed by atoms with Crippen LogP contribution in [-0.2, 0) is 6.42 Å². The van der Waals surface area contributed by atoms with Crippen molar-refractivity contribution in [3.05, 3.63) is 89.4 Å². The number of anilines is 2. The molecule has 0 unspecified atom stereocenters. The summed E-state index contributed by atoms with van der Waals surface area (Å²) in [6.07, 6.45) is 0.716. The lowest BCUT2D eigenvalue weighted by atomic mass is 10.1. The van der Waals surface area contributed by atoms with Crippen molar-refractivity contribution >= 4 is 29.1 Å². The predicted octanol–water partition coefficient (Wildman–Crippen LogP) is 5.15. The highest BCUT2D eigenvalue weighted by atomic mass is 35.5. The van der Waals surface area contributed by atoms with E-state index in [4.69, 9.17) is 22.1 Å². The molecule has 3 aromatic carbocycles. The smallest absolute Gasteiger partial charge is 0.319 e. The van der Waals surface area contributed by atoms with Gasteiger partial charge in [-0.1, -0.05) is 54.1 Å². The monoisotopic (exact) mass is 461 g/mol. The largest absolute Gasteiger partial charge is 0.497 e. The van der Waals surface area contributed by atoms with E-state index in [2.05, 4.69) is 15.7 Å². The number of benzene rings is 3. The van der Waals surface area contributed by atoms with Crippen molar-refractivity contribution in [2.75, 3.05) is 24.7 Å². The summed E-state index contributed by atoms with van der Waals surface area (Å²) in [4.78, 5) is 12.7. The van der Waals surface area contributed by atoms with Crippen molar-refractivity contribution < 1.29 is 9.53 Å². The number of hydrogen-bond donors (Lipinski definition) is 3. The summed E-state index contributed by atoms with van der Waals surface area (Å²) in [5.74, 6) is 0.984. The molecule has 0 spiro atoms. The number of methoxy groups -OCH3 is 1. The summed E-state index contributed by atoms with van der Waals surface area (Å²) in [5, 5.41) is 10.9. The minimum Gasteiger partial charge on any atom is -0.497 e. The maximum absolute atomic E-state index is 12.7. The number of rotatable bonds is 7. The van der Waals surface area contributed by atoms with E-state index < -0.39 is 0 Å². The number of urea groups is 1. The lowest BCUT2D eigenvalue weighted by Crippen LogP contribution is -2.30. The summed E-state index contributed by atoms with van der Waals surface area (Å²) in [6, 6.07) is 24.2. The molecule has 0 bridgehead atoms. The molecule has 4 N–H and O–H groups in total. The molecule has 4 rings (SSSR count). The van der Waals surface area contributed by atoms with Gasteiger partial charge in [0.1, 0.15) is 17.1 Å². The molecule has 0 aliphatic heterocycles. The molecule has 33 heavy (non-hydrogen) atoms. The van der Waals surface area contributed by atoms with Crippen LogP contribution in [0.25, 0.3) is 16.9 Å². The number of halogens is 1. The van der Waals surface area contributed by atoms with Gasteiger partial charge in [-0.15, -0.1) is 0 Å². The van der Waals surface area contributed by atoms with Gasteiger partial charge >= 0.3 is 6.03 Å². The molecular weight excluding hydrogens is 438 g/mol. The van der Waals surface area contributed by atoms with Crippen molar-refractivity contribution in [3.8, 4) is 22.7 Å². The first kappa shape index (κ1) is 22.2.